The van der Waals surface area contributed by atoms with Crippen LogP contribution < -0.4 is 14.9 Å². The number of hydrogen-bond acceptors (Lipinski definition) is 4. The van der Waals surface area contributed by atoms with Crippen molar-refractivity contribution in [2.45, 2.75) is 19.8 Å². The van der Waals surface area contributed by atoms with E-state index in [1.165, 1.54) is 0 Å². The summed E-state index contributed by atoms with van der Waals surface area (Å²) in [7, 11) is 3.18. The van der Waals surface area contributed by atoms with Crippen molar-refractivity contribution in [3.8, 4) is 11.5 Å². The van der Waals surface area contributed by atoms with Crippen molar-refractivity contribution < 1.29 is 14.3 Å². The highest BCUT2D eigenvalue weighted by Crippen LogP contribution is 2.29. The van der Waals surface area contributed by atoms with Crippen LogP contribution in [0.25, 0.3) is 0 Å². The molecule has 5 heteroatoms. The van der Waals surface area contributed by atoms with Gasteiger partial charge in [0.15, 0.2) is 11.5 Å². The molecular formula is C14H18N2O3. The zero-order valence-electron chi connectivity index (χ0n) is 11.4. The van der Waals surface area contributed by atoms with Crippen LogP contribution in [-0.2, 0) is 4.79 Å². The summed E-state index contributed by atoms with van der Waals surface area (Å²) in [5.41, 5.74) is 4.20. The second kappa shape index (κ2) is 5.73. The first-order chi connectivity index (χ1) is 9.15. The maximum absolute atomic E-state index is 11.5. The largest absolute Gasteiger partial charge is 0.493 e. The number of hydrazone groups is 1. The molecule has 102 valence electrons. The molecule has 19 heavy (non-hydrogen) atoms. The van der Waals surface area contributed by atoms with E-state index in [1.807, 2.05) is 25.1 Å². The first-order valence-corrected chi connectivity index (χ1v) is 6.22. The van der Waals surface area contributed by atoms with Gasteiger partial charge in [0, 0.05) is 11.5 Å². The smallest absolute Gasteiger partial charge is 0.243 e. The van der Waals surface area contributed by atoms with Gasteiger partial charge in [0.05, 0.1) is 19.9 Å². The van der Waals surface area contributed by atoms with Crippen LogP contribution in [0.4, 0.5) is 0 Å². The van der Waals surface area contributed by atoms with E-state index in [1.54, 1.807) is 14.2 Å². The molecule has 1 saturated carbocycles. The lowest BCUT2D eigenvalue weighted by molar-refractivity contribution is -0.122. The summed E-state index contributed by atoms with van der Waals surface area (Å²) in [6, 6.07) is 5.53. The molecule has 0 radical (unpaired) electrons. The van der Waals surface area contributed by atoms with E-state index in [4.69, 9.17) is 9.47 Å². The van der Waals surface area contributed by atoms with Crippen LogP contribution in [0.5, 0.6) is 11.5 Å². The van der Waals surface area contributed by atoms with Crippen molar-refractivity contribution in [2.24, 2.45) is 11.0 Å². The Bertz CT molecular complexity index is 507. The van der Waals surface area contributed by atoms with Gasteiger partial charge in [-0.2, -0.15) is 5.10 Å². The Labute approximate surface area is 112 Å². The fourth-order valence-corrected chi connectivity index (χ4v) is 1.70. The molecule has 0 bridgehead atoms. The number of nitrogens with one attached hydrogen (secondary N) is 1. The molecule has 0 heterocycles. The third-order valence-corrected chi connectivity index (χ3v) is 3.08. The Morgan fingerprint density at radius 3 is 2.53 bits per heavy atom. The first-order valence-electron chi connectivity index (χ1n) is 6.22. The molecule has 0 aromatic heterocycles. The SMILES string of the molecule is COc1ccc(C(C)=NNC(=O)C2CC2)cc1OC. The maximum Gasteiger partial charge on any atom is 0.243 e. The second-order valence-electron chi connectivity index (χ2n) is 4.52. The zero-order valence-corrected chi connectivity index (χ0v) is 11.4. The predicted octanol–water partition coefficient (Wildman–Crippen LogP) is 1.95. The minimum atomic E-state index is -0.000160. The van der Waals surface area contributed by atoms with Crippen LogP contribution in [0, 0.1) is 5.92 Å². The first kappa shape index (κ1) is 13.4. The molecule has 0 saturated heterocycles. The maximum atomic E-state index is 11.5. The van der Waals surface area contributed by atoms with Crippen LogP contribution in [0.15, 0.2) is 23.3 Å². The average molecular weight is 262 g/mol. The van der Waals surface area contributed by atoms with E-state index < -0.39 is 0 Å². The summed E-state index contributed by atoms with van der Waals surface area (Å²) < 4.78 is 10.4. The minimum absolute atomic E-state index is 0.000160. The van der Waals surface area contributed by atoms with Gasteiger partial charge in [0.25, 0.3) is 0 Å². The number of carbonyl (C=O) groups is 1. The average Bonchev–Trinajstić information content (AvgIpc) is 3.28. The molecule has 1 aliphatic rings. The highest BCUT2D eigenvalue weighted by molar-refractivity contribution is 5.99. The number of methoxy groups -OCH3 is 2. The monoisotopic (exact) mass is 262 g/mol. The highest BCUT2D eigenvalue weighted by Gasteiger charge is 2.29. The van der Waals surface area contributed by atoms with Gasteiger partial charge < -0.3 is 9.47 Å². The van der Waals surface area contributed by atoms with Crippen molar-refractivity contribution in [2.75, 3.05) is 14.2 Å². The van der Waals surface area contributed by atoms with Crippen molar-refractivity contribution in [1.29, 1.82) is 0 Å². The van der Waals surface area contributed by atoms with Gasteiger partial charge in [-0.25, -0.2) is 5.43 Å². The Hall–Kier alpha value is -2.04. The summed E-state index contributed by atoms with van der Waals surface area (Å²) in [6.45, 7) is 1.84. The molecule has 1 aromatic rings. The Kier molecular flexibility index (Phi) is 4.04. The molecule has 1 aromatic carbocycles. The van der Waals surface area contributed by atoms with Crippen LogP contribution >= 0.6 is 0 Å². The number of nitrogens with zero attached hydrogens (tertiary/aromatic N) is 1. The molecule has 0 atom stereocenters. The van der Waals surface area contributed by atoms with Crippen molar-refractivity contribution in [1.82, 2.24) is 5.43 Å². The Balaban J connectivity index is 2.11. The van der Waals surface area contributed by atoms with Gasteiger partial charge in [0.1, 0.15) is 0 Å². The van der Waals surface area contributed by atoms with Crippen molar-refractivity contribution in [3.63, 3.8) is 0 Å². The Morgan fingerprint density at radius 1 is 1.26 bits per heavy atom. The lowest BCUT2D eigenvalue weighted by atomic mass is 10.1. The zero-order chi connectivity index (χ0) is 13.8. The number of carbonyl (C=O) groups excluding carboxylic acids is 1. The highest BCUT2D eigenvalue weighted by atomic mass is 16.5. The molecule has 1 aliphatic carbocycles. The Morgan fingerprint density at radius 2 is 1.95 bits per heavy atom. The van der Waals surface area contributed by atoms with E-state index >= 15 is 0 Å². The number of amides is 1. The normalized spacial score (nSPS) is 15.0. The number of ether oxygens (including phenoxy) is 2. The van der Waals surface area contributed by atoms with Gasteiger partial charge in [-0.05, 0) is 38.0 Å². The third kappa shape index (κ3) is 3.24. The molecule has 1 fully saturated rings. The lowest BCUT2D eigenvalue weighted by Gasteiger charge is -2.09. The van der Waals surface area contributed by atoms with Crippen LogP contribution in [0.3, 0.4) is 0 Å². The molecule has 0 aliphatic heterocycles. The minimum Gasteiger partial charge on any atom is -0.493 e. The summed E-state index contributed by atoms with van der Waals surface area (Å²) in [6.07, 6.45) is 1.94. The molecule has 1 amide bonds. The van der Waals surface area contributed by atoms with Gasteiger partial charge in [0.2, 0.25) is 5.91 Å². The van der Waals surface area contributed by atoms with E-state index in [0.29, 0.717) is 11.5 Å². The summed E-state index contributed by atoms with van der Waals surface area (Å²) in [5, 5.41) is 4.11. The van der Waals surface area contributed by atoms with Crippen LogP contribution in [0.1, 0.15) is 25.3 Å². The molecule has 0 unspecified atom stereocenters. The number of benzene rings is 1. The van der Waals surface area contributed by atoms with E-state index in [9.17, 15) is 4.79 Å². The quantitative estimate of drug-likeness (QED) is 0.651. The lowest BCUT2D eigenvalue weighted by Crippen LogP contribution is -2.20. The fourth-order valence-electron chi connectivity index (χ4n) is 1.70. The molecular weight excluding hydrogens is 244 g/mol. The van der Waals surface area contributed by atoms with Crippen LogP contribution in [-0.4, -0.2) is 25.8 Å². The van der Waals surface area contributed by atoms with Gasteiger partial charge >= 0.3 is 0 Å². The van der Waals surface area contributed by atoms with E-state index in [2.05, 4.69) is 10.5 Å². The topological polar surface area (TPSA) is 59.9 Å². The third-order valence-electron chi connectivity index (χ3n) is 3.08. The van der Waals surface area contributed by atoms with Crippen molar-refractivity contribution in [3.05, 3.63) is 23.8 Å². The predicted molar refractivity (Wildman–Crippen MR) is 72.6 cm³/mol. The molecule has 2 rings (SSSR count). The molecule has 0 spiro atoms. The molecule has 5 nitrogen and oxygen atoms in total. The van der Waals surface area contributed by atoms with Gasteiger partial charge in [-0.1, -0.05) is 0 Å². The van der Waals surface area contributed by atoms with E-state index in [0.717, 1.165) is 24.1 Å². The number of hydrogen-bond donors (Lipinski definition) is 1. The van der Waals surface area contributed by atoms with Crippen LogP contribution in [0.2, 0.25) is 0 Å². The fraction of sp³-hybridized carbons (Fsp3) is 0.429. The van der Waals surface area contributed by atoms with Gasteiger partial charge in [-0.3, -0.25) is 4.79 Å². The summed E-state index contributed by atoms with van der Waals surface area (Å²) in [5.74, 6) is 1.46. The molecule has 1 N–H and O–H groups in total. The van der Waals surface area contributed by atoms with Crippen molar-refractivity contribution >= 4 is 11.6 Å². The number of rotatable bonds is 5. The van der Waals surface area contributed by atoms with Gasteiger partial charge in [-0.15, -0.1) is 0 Å². The summed E-state index contributed by atoms with van der Waals surface area (Å²) >= 11 is 0. The van der Waals surface area contributed by atoms with E-state index in [-0.39, 0.29) is 11.8 Å². The standard InChI is InChI=1S/C14H18N2O3/c1-9(15-16-14(17)10-4-5-10)11-6-7-12(18-2)13(8-11)19-3/h6-8,10H,4-5H2,1-3H3,(H,16,17). The second-order valence-corrected chi connectivity index (χ2v) is 4.52. The summed E-state index contributed by atoms with van der Waals surface area (Å²) in [4.78, 5) is 11.5.